The van der Waals surface area contributed by atoms with E-state index in [1.165, 1.54) is 0 Å². The summed E-state index contributed by atoms with van der Waals surface area (Å²) >= 11 is 0. The van der Waals surface area contributed by atoms with Gasteiger partial charge in [-0.2, -0.15) is 0 Å². The highest BCUT2D eigenvalue weighted by Gasteiger charge is 2.12. The first-order valence-corrected chi connectivity index (χ1v) is 6.91. The molecule has 5 nitrogen and oxygen atoms in total. The molecule has 1 aromatic carbocycles. The second kappa shape index (κ2) is 7.75. The topological polar surface area (TPSA) is 79.9 Å². The van der Waals surface area contributed by atoms with Crippen molar-refractivity contribution in [1.29, 1.82) is 0 Å². The van der Waals surface area contributed by atoms with E-state index < -0.39 is 0 Å². The van der Waals surface area contributed by atoms with Gasteiger partial charge < -0.3 is 21.0 Å². The number of nitrogens with one attached hydrogen (secondary N) is 1. The molecule has 4 N–H and O–H groups in total. The van der Waals surface area contributed by atoms with Crippen molar-refractivity contribution in [3.63, 3.8) is 0 Å². The van der Waals surface area contributed by atoms with E-state index in [0.29, 0.717) is 24.1 Å². The van der Waals surface area contributed by atoms with Gasteiger partial charge >= 0.3 is 0 Å². The number of hydrogen-bond donors (Lipinski definition) is 3. The van der Waals surface area contributed by atoms with Crippen LogP contribution in [0.15, 0.2) is 23.4 Å². The van der Waals surface area contributed by atoms with Gasteiger partial charge in [0.15, 0.2) is 5.84 Å². The molecule has 0 aromatic heterocycles. The summed E-state index contributed by atoms with van der Waals surface area (Å²) in [5.41, 5.74) is 7.29. The molecule has 0 aliphatic rings. The molecule has 0 aliphatic carbocycles. The number of hydrogen-bond acceptors (Lipinski definition) is 4. The zero-order valence-electron chi connectivity index (χ0n) is 12.7. The summed E-state index contributed by atoms with van der Waals surface area (Å²) in [6, 6.07) is 5.90. The first-order valence-electron chi connectivity index (χ1n) is 6.91. The van der Waals surface area contributed by atoms with Gasteiger partial charge in [0, 0.05) is 23.7 Å². The van der Waals surface area contributed by atoms with E-state index in [9.17, 15) is 0 Å². The molecule has 0 heterocycles. The first-order chi connectivity index (χ1) is 9.53. The van der Waals surface area contributed by atoms with Gasteiger partial charge in [-0.05, 0) is 31.0 Å². The third-order valence-electron chi connectivity index (χ3n) is 3.80. The molecular weight excluding hydrogens is 254 g/mol. The minimum atomic E-state index is 0.101. The monoisotopic (exact) mass is 279 g/mol. The summed E-state index contributed by atoms with van der Waals surface area (Å²) in [5, 5.41) is 15.3. The zero-order valence-corrected chi connectivity index (χ0v) is 12.7. The van der Waals surface area contributed by atoms with Crippen LogP contribution in [0.5, 0.6) is 5.75 Å². The average molecular weight is 279 g/mol. The number of rotatable bonds is 7. The molecule has 0 amide bonds. The number of benzene rings is 1. The van der Waals surface area contributed by atoms with Crippen molar-refractivity contribution < 1.29 is 9.94 Å². The first kappa shape index (κ1) is 16.3. The van der Waals surface area contributed by atoms with Crippen LogP contribution in [0.4, 0.5) is 0 Å². The third-order valence-corrected chi connectivity index (χ3v) is 3.80. The molecule has 2 atom stereocenters. The number of methoxy groups -OCH3 is 1. The lowest BCUT2D eigenvalue weighted by molar-refractivity contribution is 0.318. The Hall–Kier alpha value is -1.75. The molecule has 0 bridgehead atoms. The lowest BCUT2D eigenvalue weighted by Gasteiger charge is -2.21. The van der Waals surface area contributed by atoms with Gasteiger partial charge in [-0.25, -0.2) is 0 Å². The van der Waals surface area contributed by atoms with E-state index in [1.807, 2.05) is 12.1 Å². The SMILES string of the molecule is CCC(C)C(C)NCc1cc(/C(N)=N/O)ccc1OC. The third kappa shape index (κ3) is 4.13. The van der Waals surface area contributed by atoms with Crippen LogP contribution in [0, 0.1) is 5.92 Å². The van der Waals surface area contributed by atoms with Gasteiger partial charge in [0.25, 0.3) is 0 Å². The van der Waals surface area contributed by atoms with E-state index in [-0.39, 0.29) is 5.84 Å². The lowest BCUT2D eigenvalue weighted by Crippen LogP contribution is -2.31. The number of ether oxygens (including phenoxy) is 1. The molecule has 5 heteroatoms. The van der Waals surface area contributed by atoms with Gasteiger partial charge in [-0.3, -0.25) is 0 Å². The fraction of sp³-hybridized carbons (Fsp3) is 0.533. The molecule has 0 radical (unpaired) electrons. The molecular formula is C15H25N3O2. The van der Waals surface area contributed by atoms with E-state index in [2.05, 4.69) is 31.2 Å². The Kier molecular flexibility index (Phi) is 6.31. The van der Waals surface area contributed by atoms with Crippen molar-refractivity contribution in [3.05, 3.63) is 29.3 Å². The summed E-state index contributed by atoms with van der Waals surface area (Å²) in [4.78, 5) is 0. The van der Waals surface area contributed by atoms with Crippen LogP contribution < -0.4 is 15.8 Å². The predicted molar refractivity (Wildman–Crippen MR) is 81.3 cm³/mol. The normalized spacial score (nSPS) is 14.9. The average Bonchev–Trinajstić information content (AvgIpc) is 2.50. The minimum Gasteiger partial charge on any atom is -0.496 e. The Morgan fingerprint density at radius 2 is 2.15 bits per heavy atom. The second-order valence-electron chi connectivity index (χ2n) is 5.07. The van der Waals surface area contributed by atoms with Crippen LogP contribution in [0.25, 0.3) is 0 Å². The molecule has 0 saturated carbocycles. The van der Waals surface area contributed by atoms with Crippen molar-refractivity contribution in [2.45, 2.75) is 39.8 Å². The van der Waals surface area contributed by atoms with E-state index in [4.69, 9.17) is 15.7 Å². The Labute approximate surface area is 120 Å². The largest absolute Gasteiger partial charge is 0.496 e. The van der Waals surface area contributed by atoms with Crippen LogP contribution in [0.2, 0.25) is 0 Å². The maximum atomic E-state index is 8.74. The van der Waals surface area contributed by atoms with Gasteiger partial charge in [0.1, 0.15) is 5.75 Å². The highest BCUT2D eigenvalue weighted by molar-refractivity contribution is 5.97. The molecule has 0 fully saturated rings. The fourth-order valence-corrected chi connectivity index (χ4v) is 1.96. The predicted octanol–water partition coefficient (Wildman–Crippen LogP) is 2.31. The maximum Gasteiger partial charge on any atom is 0.170 e. The highest BCUT2D eigenvalue weighted by Crippen LogP contribution is 2.20. The van der Waals surface area contributed by atoms with E-state index >= 15 is 0 Å². The van der Waals surface area contributed by atoms with Crippen LogP contribution in [-0.2, 0) is 6.54 Å². The Balaban J connectivity index is 2.86. The molecule has 112 valence electrons. The quantitative estimate of drug-likeness (QED) is 0.310. The summed E-state index contributed by atoms with van der Waals surface area (Å²) in [5.74, 6) is 1.50. The lowest BCUT2D eigenvalue weighted by atomic mass is 10.0. The van der Waals surface area contributed by atoms with Crippen molar-refractivity contribution in [2.24, 2.45) is 16.8 Å². The van der Waals surface area contributed by atoms with Crippen LogP contribution in [-0.4, -0.2) is 24.2 Å². The summed E-state index contributed by atoms with van der Waals surface area (Å²) in [6.07, 6.45) is 1.13. The van der Waals surface area contributed by atoms with Gasteiger partial charge in [0.05, 0.1) is 7.11 Å². The zero-order chi connectivity index (χ0) is 15.1. The van der Waals surface area contributed by atoms with E-state index in [1.54, 1.807) is 13.2 Å². The summed E-state index contributed by atoms with van der Waals surface area (Å²) in [7, 11) is 1.64. The Bertz CT molecular complexity index is 460. The molecule has 1 aromatic rings. The fourth-order valence-electron chi connectivity index (χ4n) is 1.96. The number of amidine groups is 1. The minimum absolute atomic E-state index is 0.101. The van der Waals surface area contributed by atoms with Gasteiger partial charge in [0.2, 0.25) is 0 Å². The van der Waals surface area contributed by atoms with E-state index in [0.717, 1.165) is 17.7 Å². The Morgan fingerprint density at radius 3 is 2.70 bits per heavy atom. The maximum absolute atomic E-state index is 8.74. The highest BCUT2D eigenvalue weighted by atomic mass is 16.5. The summed E-state index contributed by atoms with van der Waals surface area (Å²) < 4.78 is 5.35. The van der Waals surface area contributed by atoms with Crippen LogP contribution in [0.3, 0.4) is 0 Å². The Morgan fingerprint density at radius 1 is 1.45 bits per heavy atom. The summed E-state index contributed by atoms with van der Waals surface area (Å²) in [6.45, 7) is 7.26. The van der Waals surface area contributed by atoms with Crippen molar-refractivity contribution >= 4 is 5.84 Å². The van der Waals surface area contributed by atoms with Crippen LogP contribution in [0.1, 0.15) is 38.3 Å². The number of nitrogens with zero attached hydrogens (tertiary/aromatic N) is 1. The molecule has 2 unspecified atom stereocenters. The molecule has 20 heavy (non-hydrogen) atoms. The van der Waals surface area contributed by atoms with Gasteiger partial charge in [-0.1, -0.05) is 25.4 Å². The van der Waals surface area contributed by atoms with Crippen molar-refractivity contribution in [2.75, 3.05) is 7.11 Å². The van der Waals surface area contributed by atoms with Crippen molar-refractivity contribution in [3.8, 4) is 5.75 Å². The number of oxime groups is 1. The van der Waals surface area contributed by atoms with Gasteiger partial charge in [-0.15, -0.1) is 0 Å². The van der Waals surface area contributed by atoms with Crippen LogP contribution >= 0.6 is 0 Å². The second-order valence-corrected chi connectivity index (χ2v) is 5.07. The smallest absolute Gasteiger partial charge is 0.170 e. The van der Waals surface area contributed by atoms with Crippen molar-refractivity contribution in [1.82, 2.24) is 5.32 Å². The molecule has 0 aliphatic heterocycles. The molecule has 0 saturated heterocycles. The standard InChI is InChI=1S/C15H25N3O2/c1-5-10(2)11(3)17-9-13-8-12(15(16)18-19)6-7-14(13)20-4/h6-8,10-11,17,19H,5,9H2,1-4H3,(H2,16,18). The molecule has 0 spiro atoms. The molecule has 1 rings (SSSR count). The number of nitrogens with two attached hydrogens (primary N) is 1.